The first-order chi connectivity index (χ1) is 7.56. The maximum absolute atomic E-state index is 10.6. The molecule has 0 radical (unpaired) electrons. The van der Waals surface area contributed by atoms with E-state index in [2.05, 4.69) is 23.7 Å². The zero-order valence-electron chi connectivity index (χ0n) is 9.56. The SMILES string of the molecule is CC(C)N1CCc2nc(CC(=O)O)sc2C1. The van der Waals surface area contributed by atoms with Crippen LogP contribution in [0.25, 0.3) is 0 Å². The molecule has 4 nitrogen and oxygen atoms in total. The molecule has 0 aliphatic carbocycles. The van der Waals surface area contributed by atoms with Crippen molar-refractivity contribution in [2.45, 2.75) is 39.3 Å². The molecule has 1 aliphatic rings. The number of hydrogen-bond acceptors (Lipinski definition) is 4. The highest BCUT2D eigenvalue weighted by Gasteiger charge is 2.22. The van der Waals surface area contributed by atoms with Crippen LogP contribution < -0.4 is 0 Å². The predicted octanol–water partition coefficient (Wildman–Crippen LogP) is 1.54. The molecule has 0 spiro atoms. The zero-order chi connectivity index (χ0) is 11.7. The monoisotopic (exact) mass is 240 g/mol. The van der Waals surface area contributed by atoms with Crippen molar-refractivity contribution in [2.75, 3.05) is 6.54 Å². The molecule has 1 aliphatic heterocycles. The van der Waals surface area contributed by atoms with Crippen molar-refractivity contribution in [2.24, 2.45) is 0 Å². The van der Waals surface area contributed by atoms with Gasteiger partial charge in [0, 0.05) is 30.4 Å². The molecule has 1 N–H and O–H groups in total. The van der Waals surface area contributed by atoms with E-state index in [0.717, 1.165) is 30.2 Å². The van der Waals surface area contributed by atoms with Crippen molar-refractivity contribution in [1.82, 2.24) is 9.88 Å². The first-order valence-corrected chi connectivity index (χ1v) is 6.31. The Morgan fingerprint density at radius 1 is 1.62 bits per heavy atom. The van der Waals surface area contributed by atoms with Crippen LogP contribution in [0.4, 0.5) is 0 Å². The summed E-state index contributed by atoms with van der Waals surface area (Å²) in [5.74, 6) is -0.799. The van der Waals surface area contributed by atoms with Crippen LogP contribution >= 0.6 is 11.3 Å². The first-order valence-electron chi connectivity index (χ1n) is 5.49. The molecule has 0 amide bonds. The molecule has 1 aromatic heterocycles. The largest absolute Gasteiger partial charge is 0.481 e. The van der Waals surface area contributed by atoms with Crippen molar-refractivity contribution in [3.05, 3.63) is 15.6 Å². The third kappa shape index (κ3) is 2.41. The van der Waals surface area contributed by atoms with Crippen LogP contribution in [0.1, 0.15) is 29.4 Å². The van der Waals surface area contributed by atoms with E-state index in [1.165, 1.54) is 4.88 Å². The van der Waals surface area contributed by atoms with Gasteiger partial charge >= 0.3 is 5.97 Å². The predicted molar refractivity (Wildman–Crippen MR) is 62.7 cm³/mol. The van der Waals surface area contributed by atoms with Crippen LogP contribution in [0, 0.1) is 0 Å². The van der Waals surface area contributed by atoms with Crippen LogP contribution in [-0.2, 0) is 24.2 Å². The maximum atomic E-state index is 10.6. The Morgan fingerprint density at radius 3 is 3.00 bits per heavy atom. The summed E-state index contributed by atoms with van der Waals surface area (Å²) in [6.45, 7) is 6.32. The summed E-state index contributed by atoms with van der Waals surface area (Å²) in [6, 6.07) is 0.540. The topological polar surface area (TPSA) is 53.4 Å². The molecule has 2 rings (SSSR count). The third-order valence-corrected chi connectivity index (χ3v) is 3.92. The fourth-order valence-corrected chi connectivity index (χ4v) is 3.05. The molecule has 0 saturated carbocycles. The quantitative estimate of drug-likeness (QED) is 0.870. The molecule has 0 bridgehead atoms. The minimum Gasteiger partial charge on any atom is -0.481 e. The van der Waals surface area contributed by atoms with Gasteiger partial charge in [-0.05, 0) is 13.8 Å². The Bertz CT molecular complexity index is 401. The normalized spacial score (nSPS) is 16.4. The Hall–Kier alpha value is -0.940. The van der Waals surface area contributed by atoms with Crippen LogP contribution in [0.5, 0.6) is 0 Å². The molecule has 0 aromatic carbocycles. The minimum atomic E-state index is -0.799. The van der Waals surface area contributed by atoms with Crippen LogP contribution in [0.15, 0.2) is 0 Å². The van der Waals surface area contributed by atoms with E-state index in [4.69, 9.17) is 5.11 Å². The zero-order valence-corrected chi connectivity index (χ0v) is 10.4. The molecular weight excluding hydrogens is 224 g/mol. The third-order valence-electron chi connectivity index (χ3n) is 2.84. The van der Waals surface area contributed by atoms with E-state index in [-0.39, 0.29) is 6.42 Å². The Balaban J connectivity index is 2.13. The van der Waals surface area contributed by atoms with Gasteiger partial charge in [-0.25, -0.2) is 4.98 Å². The summed E-state index contributed by atoms with van der Waals surface area (Å²) < 4.78 is 0. The Morgan fingerprint density at radius 2 is 2.38 bits per heavy atom. The second-order valence-electron chi connectivity index (χ2n) is 4.36. The molecule has 0 saturated heterocycles. The van der Waals surface area contributed by atoms with Gasteiger partial charge in [-0.1, -0.05) is 0 Å². The van der Waals surface area contributed by atoms with E-state index in [0.29, 0.717) is 6.04 Å². The molecular formula is C11H16N2O2S. The number of aliphatic carboxylic acids is 1. The summed E-state index contributed by atoms with van der Waals surface area (Å²) in [5.41, 5.74) is 1.11. The number of nitrogens with zero attached hydrogens (tertiary/aromatic N) is 2. The molecule has 2 heterocycles. The fraction of sp³-hybridized carbons (Fsp3) is 0.636. The highest BCUT2D eigenvalue weighted by molar-refractivity contribution is 7.11. The minimum absolute atomic E-state index is 0.0549. The van der Waals surface area contributed by atoms with Crippen molar-refractivity contribution in [3.63, 3.8) is 0 Å². The Labute approximate surface area is 98.9 Å². The molecule has 1 aromatic rings. The number of aromatic nitrogens is 1. The van der Waals surface area contributed by atoms with Gasteiger partial charge in [0.1, 0.15) is 5.01 Å². The molecule has 16 heavy (non-hydrogen) atoms. The number of carboxylic acid groups (broad SMARTS) is 1. The van der Waals surface area contributed by atoms with Crippen molar-refractivity contribution in [3.8, 4) is 0 Å². The summed E-state index contributed by atoms with van der Waals surface area (Å²) in [5, 5.41) is 9.46. The Kier molecular flexibility index (Phi) is 3.25. The van der Waals surface area contributed by atoms with Crippen molar-refractivity contribution in [1.29, 1.82) is 0 Å². The van der Waals surface area contributed by atoms with Crippen LogP contribution in [-0.4, -0.2) is 33.5 Å². The van der Waals surface area contributed by atoms with Gasteiger partial charge in [-0.3, -0.25) is 9.69 Å². The standard InChI is InChI=1S/C11H16N2O2S/c1-7(2)13-4-3-8-9(6-13)16-10(12-8)5-11(14)15/h7H,3-6H2,1-2H3,(H,14,15). The lowest BCUT2D eigenvalue weighted by Crippen LogP contribution is -2.35. The van der Waals surface area contributed by atoms with Gasteiger partial charge in [0.25, 0.3) is 0 Å². The average Bonchev–Trinajstić information content (AvgIpc) is 2.56. The summed E-state index contributed by atoms with van der Waals surface area (Å²) in [4.78, 5) is 18.6. The number of fused-ring (bicyclic) bond motifs is 1. The van der Waals surface area contributed by atoms with E-state index in [1.807, 2.05) is 0 Å². The molecule has 0 atom stereocenters. The first kappa shape index (κ1) is 11.5. The smallest absolute Gasteiger partial charge is 0.310 e. The lowest BCUT2D eigenvalue weighted by atomic mass is 10.1. The van der Waals surface area contributed by atoms with E-state index in [9.17, 15) is 4.79 Å². The number of rotatable bonds is 3. The van der Waals surface area contributed by atoms with E-state index >= 15 is 0 Å². The number of hydrogen-bond donors (Lipinski definition) is 1. The fourth-order valence-electron chi connectivity index (χ4n) is 1.91. The highest BCUT2D eigenvalue weighted by atomic mass is 32.1. The van der Waals surface area contributed by atoms with Crippen molar-refractivity contribution < 1.29 is 9.90 Å². The van der Waals surface area contributed by atoms with Gasteiger partial charge in [0.15, 0.2) is 0 Å². The summed E-state index contributed by atoms with van der Waals surface area (Å²) in [7, 11) is 0. The van der Waals surface area contributed by atoms with Crippen LogP contribution in [0.2, 0.25) is 0 Å². The van der Waals surface area contributed by atoms with Crippen LogP contribution in [0.3, 0.4) is 0 Å². The van der Waals surface area contributed by atoms with Gasteiger partial charge in [-0.15, -0.1) is 11.3 Å². The average molecular weight is 240 g/mol. The lowest BCUT2D eigenvalue weighted by molar-refractivity contribution is -0.136. The number of carboxylic acids is 1. The summed E-state index contributed by atoms with van der Waals surface area (Å²) in [6.07, 6.45) is 1.00. The van der Waals surface area contributed by atoms with Gasteiger partial charge in [0.05, 0.1) is 12.1 Å². The van der Waals surface area contributed by atoms with Gasteiger partial charge in [0.2, 0.25) is 0 Å². The van der Waals surface area contributed by atoms with Gasteiger partial charge in [-0.2, -0.15) is 0 Å². The second kappa shape index (κ2) is 4.51. The highest BCUT2D eigenvalue weighted by Crippen LogP contribution is 2.26. The lowest BCUT2D eigenvalue weighted by Gasteiger charge is -2.29. The number of carbonyl (C=O) groups is 1. The summed E-state index contributed by atoms with van der Waals surface area (Å²) >= 11 is 1.55. The number of thiazole rings is 1. The molecule has 5 heteroatoms. The van der Waals surface area contributed by atoms with E-state index in [1.54, 1.807) is 11.3 Å². The molecule has 0 fully saturated rings. The molecule has 88 valence electrons. The van der Waals surface area contributed by atoms with Gasteiger partial charge < -0.3 is 5.11 Å². The van der Waals surface area contributed by atoms with E-state index < -0.39 is 5.97 Å². The van der Waals surface area contributed by atoms with Crippen molar-refractivity contribution >= 4 is 17.3 Å². The maximum Gasteiger partial charge on any atom is 0.310 e. The second-order valence-corrected chi connectivity index (χ2v) is 5.53. The molecule has 0 unspecified atom stereocenters.